The highest BCUT2D eigenvalue weighted by Crippen LogP contribution is 2.21. The van der Waals surface area contributed by atoms with Crippen LogP contribution in [-0.2, 0) is 4.79 Å². The molecule has 3 heteroatoms. The molecule has 18 heavy (non-hydrogen) atoms. The molecule has 0 aromatic heterocycles. The first-order valence-corrected chi connectivity index (χ1v) is 7.61. The highest BCUT2D eigenvalue weighted by atomic mass is 32.2. The smallest absolute Gasteiger partial charge is 0.232 e. The van der Waals surface area contributed by atoms with Crippen LogP contribution >= 0.6 is 11.8 Å². The number of piperidine rings is 1. The Bertz CT molecular complexity index is 401. The monoisotopic (exact) mass is 263 g/mol. The van der Waals surface area contributed by atoms with Gasteiger partial charge in [-0.2, -0.15) is 0 Å². The van der Waals surface area contributed by atoms with Crippen molar-refractivity contribution in [1.82, 2.24) is 4.90 Å². The molecule has 1 aliphatic rings. The van der Waals surface area contributed by atoms with Gasteiger partial charge in [-0.25, -0.2) is 0 Å². The van der Waals surface area contributed by atoms with Crippen LogP contribution in [0.4, 0.5) is 0 Å². The van der Waals surface area contributed by atoms with E-state index in [4.69, 9.17) is 0 Å². The molecule has 1 heterocycles. The minimum atomic E-state index is 0.284. The molecule has 0 aliphatic carbocycles. The Morgan fingerprint density at radius 3 is 2.78 bits per heavy atom. The number of thioether (sulfide) groups is 1. The number of hydrogen-bond acceptors (Lipinski definition) is 2. The quantitative estimate of drug-likeness (QED) is 0.780. The Morgan fingerprint density at radius 2 is 2.11 bits per heavy atom. The molecule has 0 N–H and O–H groups in total. The summed E-state index contributed by atoms with van der Waals surface area (Å²) in [7, 11) is 0. The van der Waals surface area contributed by atoms with Crippen LogP contribution in [0, 0.1) is 12.8 Å². The maximum atomic E-state index is 12.1. The van der Waals surface area contributed by atoms with Crippen molar-refractivity contribution >= 4 is 17.7 Å². The molecule has 1 fully saturated rings. The summed E-state index contributed by atoms with van der Waals surface area (Å²) < 4.78 is 0. The van der Waals surface area contributed by atoms with Crippen molar-refractivity contribution in [3.8, 4) is 0 Å². The van der Waals surface area contributed by atoms with Gasteiger partial charge >= 0.3 is 0 Å². The zero-order valence-corrected chi connectivity index (χ0v) is 12.0. The van der Waals surface area contributed by atoms with Crippen LogP contribution in [0.2, 0.25) is 0 Å². The number of aryl methyl sites for hydroxylation is 1. The van der Waals surface area contributed by atoms with Crippen LogP contribution in [0.3, 0.4) is 0 Å². The summed E-state index contributed by atoms with van der Waals surface area (Å²) >= 11 is 1.64. The summed E-state index contributed by atoms with van der Waals surface area (Å²) in [5.41, 5.74) is 1.26. The van der Waals surface area contributed by atoms with Gasteiger partial charge < -0.3 is 4.90 Å². The number of nitrogens with zero attached hydrogens (tertiary/aromatic N) is 1. The Morgan fingerprint density at radius 1 is 1.39 bits per heavy atom. The minimum Gasteiger partial charge on any atom is -0.342 e. The molecule has 0 spiro atoms. The second-order valence-corrected chi connectivity index (χ2v) is 6.24. The fourth-order valence-corrected chi connectivity index (χ4v) is 3.09. The molecule has 1 saturated heterocycles. The van der Waals surface area contributed by atoms with Crippen LogP contribution < -0.4 is 0 Å². The van der Waals surface area contributed by atoms with Gasteiger partial charge in [-0.3, -0.25) is 4.79 Å². The summed E-state index contributed by atoms with van der Waals surface area (Å²) in [6, 6.07) is 8.36. The van der Waals surface area contributed by atoms with E-state index in [9.17, 15) is 4.79 Å². The van der Waals surface area contributed by atoms with E-state index >= 15 is 0 Å². The molecule has 2 rings (SSSR count). The van der Waals surface area contributed by atoms with Gasteiger partial charge in [0.25, 0.3) is 0 Å². The predicted octanol–water partition coefficient (Wildman–Crippen LogP) is 3.35. The molecular formula is C15H21NOS. The fraction of sp³-hybridized carbons (Fsp3) is 0.533. The largest absolute Gasteiger partial charge is 0.342 e. The lowest BCUT2D eigenvalue weighted by Gasteiger charge is -2.30. The van der Waals surface area contributed by atoms with Crippen molar-refractivity contribution in [2.75, 3.05) is 18.8 Å². The Hall–Kier alpha value is -0.960. The number of carbonyl (C=O) groups is 1. The van der Waals surface area contributed by atoms with Gasteiger partial charge in [0.05, 0.1) is 5.75 Å². The lowest BCUT2D eigenvalue weighted by atomic mass is 10.0. The van der Waals surface area contributed by atoms with Crippen molar-refractivity contribution in [2.45, 2.75) is 31.6 Å². The summed E-state index contributed by atoms with van der Waals surface area (Å²) in [6.07, 6.45) is 2.41. The van der Waals surface area contributed by atoms with E-state index in [-0.39, 0.29) is 5.91 Å². The third-order valence-corrected chi connectivity index (χ3v) is 4.39. The highest BCUT2D eigenvalue weighted by Gasteiger charge is 2.20. The third kappa shape index (κ3) is 3.77. The molecule has 1 aromatic rings. The van der Waals surface area contributed by atoms with Gasteiger partial charge in [0.15, 0.2) is 0 Å². The number of benzene rings is 1. The van der Waals surface area contributed by atoms with Crippen LogP contribution in [0.15, 0.2) is 29.2 Å². The normalized spacial score (nSPS) is 19.9. The Kier molecular flexibility index (Phi) is 4.70. The second kappa shape index (κ2) is 6.28. The van der Waals surface area contributed by atoms with E-state index in [2.05, 4.69) is 38.1 Å². The van der Waals surface area contributed by atoms with E-state index in [1.54, 1.807) is 11.8 Å². The van der Waals surface area contributed by atoms with Gasteiger partial charge in [-0.05, 0) is 37.8 Å². The molecule has 1 amide bonds. The highest BCUT2D eigenvalue weighted by molar-refractivity contribution is 8.00. The molecule has 1 aliphatic heterocycles. The minimum absolute atomic E-state index is 0.284. The van der Waals surface area contributed by atoms with Crippen LogP contribution in [-0.4, -0.2) is 29.6 Å². The first kappa shape index (κ1) is 13.5. The van der Waals surface area contributed by atoms with Crippen molar-refractivity contribution in [2.24, 2.45) is 5.92 Å². The summed E-state index contributed by atoms with van der Waals surface area (Å²) in [5, 5.41) is 0. The van der Waals surface area contributed by atoms with Crippen LogP contribution in [0.25, 0.3) is 0 Å². The standard InChI is InChI=1S/C15H21NOS/c1-12-5-7-14(8-6-12)18-11-15(17)16-9-3-4-13(2)10-16/h5-8,13H,3-4,9-11H2,1-2H3/t13-/m1/s1. The summed E-state index contributed by atoms with van der Waals surface area (Å²) in [6.45, 7) is 6.19. The lowest BCUT2D eigenvalue weighted by Crippen LogP contribution is -2.40. The van der Waals surface area contributed by atoms with E-state index in [1.165, 1.54) is 16.9 Å². The van der Waals surface area contributed by atoms with Crippen molar-refractivity contribution in [3.63, 3.8) is 0 Å². The molecule has 2 nitrogen and oxygen atoms in total. The molecule has 0 radical (unpaired) electrons. The van der Waals surface area contributed by atoms with Crippen molar-refractivity contribution in [1.29, 1.82) is 0 Å². The number of carbonyl (C=O) groups excluding carboxylic acids is 1. The van der Waals surface area contributed by atoms with Gasteiger partial charge in [0, 0.05) is 18.0 Å². The van der Waals surface area contributed by atoms with Gasteiger partial charge in [0.2, 0.25) is 5.91 Å². The van der Waals surface area contributed by atoms with Crippen molar-refractivity contribution < 1.29 is 4.79 Å². The summed E-state index contributed by atoms with van der Waals surface area (Å²) in [5.74, 6) is 1.51. The molecule has 0 unspecified atom stereocenters. The number of rotatable bonds is 3. The van der Waals surface area contributed by atoms with Crippen LogP contribution in [0.5, 0.6) is 0 Å². The third-order valence-electron chi connectivity index (χ3n) is 3.39. The Balaban J connectivity index is 1.82. The topological polar surface area (TPSA) is 20.3 Å². The van der Waals surface area contributed by atoms with E-state index in [0.29, 0.717) is 11.7 Å². The molecule has 98 valence electrons. The second-order valence-electron chi connectivity index (χ2n) is 5.19. The van der Waals surface area contributed by atoms with Gasteiger partial charge in [-0.15, -0.1) is 11.8 Å². The number of hydrogen-bond donors (Lipinski definition) is 0. The van der Waals surface area contributed by atoms with Crippen LogP contribution in [0.1, 0.15) is 25.3 Å². The molecule has 0 bridgehead atoms. The maximum absolute atomic E-state index is 12.1. The molecular weight excluding hydrogens is 242 g/mol. The lowest BCUT2D eigenvalue weighted by molar-refractivity contribution is -0.130. The zero-order chi connectivity index (χ0) is 13.0. The van der Waals surface area contributed by atoms with E-state index in [1.807, 2.05) is 4.90 Å². The number of likely N-dealkylation sites (tertiary alicyclic amines) is 1. The molecule has 0 saturated carbocycles. The van der Waals surface area contributed by atoms with E-state index < -0.39 is 0 Å². The average Bonchev–Trinajstić information content (AvgIpc) is 2.38. The first-order valence-electron chi connectivity index (χ1n) is 6.62. The fourth-order valence-electron chi connectivity index (χ4n) is 2.29. The Labute approximate surface area is 114 Å². The number of amides is 1. The van der Waals surface area contributed by atoms with Gasteiger partial charge in [-0.1, -0.05) is 24.6 Å². The van der Waals surface area contributed by atoms with E-state index in [0.717, 1.165) is 19.5 Å². The average molecular weight is 263 g/mol. The first-order chi connectivity index (χ1) is 8.65. The van der Waals surface area contributed by atoms with Gasteiger partial charge in [0.1, 0.15) is 0 Å². The molecule has 1 aromatic carbocycles. The SMILES string of the molecule is Cc1ccc(SCC(=O)N2CCC[C@@H](C)C2)cc1. The predicted molar refractivity (Wildman–Crippen MR) is 76.9 cm³/mol. The maximum Gasteiger partial charge on any atom is 0.232 e. The molecule has 1 atom stereocenters. The zero-order valence-electron chi connectivity index (χ0n) is 11.2. The summed E-state index contributed by atoms with van der Waals surface area (Å²) in [4.78, 5) is 15.3. The van der Waals surface area contributed by atoms with Crippen molar-refractivity contribution in [3.05, 3.63) is 29.8 Å².